The van der Waals surface area contributed by atoms with Gasteiger partial charge < -0.3 is 0 Å². The lowest BCUT2D eigenvalue weighted by atomic mass is 10.5. The summed E-state index contributed by atoms with van der Waals surface area (Å²) in [5.41, 5.74) is 2.67. The van der Waals surface area contributed by atoms with E-state index in [1.54, 1.807) is 10.2 Å². The van der Waals surface area contributed by atoms with Gasteiger partial charge in [-0.15, -0.1) is 10.2 Å². The van der Waals surface area contributed by atoms with E-state index in [4.69, 9.17) is 0 Å². The van der Waals surface area contributed by atoms with Crippen LogP contribution in [-0.2, 0) is 0 Å². The number of hydrogen-bond donors (Lipinski definition) is 0. The molecule has 0 saturated heterocycles. The molecule has 0 aliphatic rings. The van der Waals surface area contributed by atoms with E-state index in [1.165, 1.54) is 11.3 Å². The van der Waals surface area contributed by atoms with Crippen LogP contribution in [0.5, 0.6) is 0 Å². The molecule has 56 valence electrons. The summed E-state index contributed by atoms with van der Waals surface area (Å²) in [4.78, 5) is 0. The molecule has 0 radical (unpaired) electrons. The lowest BCUT2D eigenvalue weighted by molar-refractivity contribution is 0.833. The Balaban J connectivity index is 2.45. The number of nitrogens with zero attached hydrogens (tertiary/aromatic N) is 4. The molecule has 0 aliphatic carbocycles. The normalized spacial score (nSPS) is 10.3. The lowest BCUT2D eigenvalue weighted by Gasteiger charge is -1.89. The van der Waals surface area contributed by atoms with Crippen LogP contribution >= 0.6 is 11.3 Å². The summed E-state index contributed by atoms with van der Waals surface area (Å²) < 4.78 is 1.72. The fourth-order valence-corrected chi connectivity index (χ4v) is 1.28. The van der Waals surface area contributed by atoms with E-state index in [9.17, 15) is 0 Å². The fraction of sp³-hybridized carbons (Fsp3) is 0.167. The Bertz CT molecular complexity index is 337. The van der Waals surface area contributed by atoms with E-state index in [2.05, 4.69) is 15.3 Å². The number of hydrogen-bond acceptors (Lipinski definition) is 4. The van der Waals surface area contributed by atoms with Gasteiger partial charge in [0.25, 0.3) is 0 Å². The van der Waals surface area contributed by atoms with Crippen molar-refractivity contribution in [3.63, 3.8) is 0 Å². The molecule has 0 atom stereocenters. The number of aryl methyl sites for hydroxylation is 1. The zero-order valence-corrected chi connectivity index (χ0v) is 6.75. The molecule has 5 heteroatoms. The van der Waals surface area contributed by atoms with Gasteiger partial charge in [0.05, 0.1) is 5.69 Å². The summed E-state index contributed by atoms with van der Waals surface area (Å²) in [6, 6.07) is 1.93. The predicted molar refractivity (Wildman–Crippen MR) is 41.8 cm³/mol. The molecule has 0 N–H and O–H groups in total. The largest absolute Gasteiger partial charge is 0.232 e. The van der Waals surface area contributed by atoms with Crippen molar-refractivity contribution < 1.29 is 0 Å². The van der Waals surface area contributed by atoms with Crippen LogP contribution in [0.25, 0.3) is 5.13 Å². The minimum absolute atomic E-state index is 0.804. The molecule has 2 heterocycles. The second-order valence-corrected chi connectivity index (χ2v) is 2.93. The van der Waals surface area contributed by atoms with Gasteiger partial charge >= 0.3 is 0 Å². The zero-order chi connectivity index (χ0) is 7.68. The third kappa shape index (κ3) is 1.14. The Morgan fingerprint density at radius 1 is 1.55 bits per heavy atom. The SMILES string of the molecule is Cc1ccn(-c2nncs2)n1. The minimum Gasteiger partial charge on any atom is -0.212 e. The number of rotatable bonds is 1. The van der Waals surface area contributed by atoms with Crippen LogP contribution in [-0.4, -0.2) is 20.0 Å². The molecule has 0 saturated carbocycles. The van der Waals surface area contributed by atoms with Crippen molar-refractivity contribution in [1.29, 1.82) is 0 Å². The highest BCUT2D eigenvalue weighted by Crippen LogP contribution is 2.07. The lowest BCUT2D eigenvalue weighted by Crippen LogP contribution is -1.93. The van der Waals surface area contributed by atoms with Crippen LogP contribution in [0.15, 0.2) is 17.8 Å². The first-order chi connectivity index (χ1) is 5.36. The van der Waals surface area contributed by atoms with Crippen molar-refractivity contribution in [3.05, 3.63) is 23.5 Å². The van der Waals surface area contributed by atoms with Crippen molar-refractivity contribution in [1.82, 2.24) is 20.0 Å². The van der Waals surface area contributed by atoms with Crippen LogP contribution in [0.1, 0.15) is 5.69 Å². The van der Waals surface area contributed by atoms with E-state index >= 15 is 0 Å². The third-order valence-electron chi connectivity index (χ3n) is 1.27. The average molecular weight is 166 g/mol. The molecule has 0 aromatic carbocycles. The van der Waals surface area contributed by atoms with Gasteiger partial charge in [-0.1, -0.05) is 11.3 Å². The Morgan fingerprint density at radius 2 is 2.45 bits per heavy atom. The maximum atomic E-state index is 4.18. The Hall–Kier alpha value is -1.23. The molecule has 0 fully saturated rings. The van der Waals surface area contributed by atoms with Gasteiger partial charge in [-0.3, -0.25) is 0 Å². The van der Waals surface area contributed by atoms with Crippen LogP contribution in [0, 0.1) is 6.92 Å². The highest BCUT2D eigenvalue weighted by atomic mass is 32.1. The third-order valence-corrected chi connectivity index (χ3v) is 1.95. The summed E-state index contributed by atoms with van der Waals surface area (Å²) in [6.07, 6.45) is 1.87. The van der Waals surface area contributed by atoms with Crippen molar-refractivity contribution in [3.8, 4) is 5.13 Å². The van der Waals surface area contributed by atoms with E-state index < -0.39 is 0 Å². The van der Waals surface area contributed by atoms with Gasteiger partial charge in [-0.05, 0) is 13.0 Å². The first kappa shape index (κ1) is 6.48. The van der Waals surface area contributed by atoms with Crippen LogP contribution < -0.4 is 0 Å². The van der Waals surface area contributed by atoms with Gasteiger partial charge in [0.2, 0.25) is 5.13 Å². The Kier molecular flexibility index (Phi) is 1.43. The molecule has 2 aromatic rings. The van der Waals surface area contributed by atoms with Crippen LogP contribution in [0.4, 0.5) is 0 Å². The smallest absolute Gasteiger partial charge is 0.212 e. The standard InChI is InChI=1S/C6H6N4S/c1-5-2-3-10(9-5)6-8-7-4-11-6/h2-4H,1H3. The molecular weight excluding hydrogens is 160 g/mol. The number of aromatic nitrogens is 4. The second-order valence-electron chi connectivity index (χ2n) is 2.12. The Labute approximate surface area is 67.5 Å². The molecule has 0 spiro atoms. The van der Waals surface area contributed by atoms with Gasteiger partial charge in [0.1, 0.15) is 5.51 Å². The molecule has 4 nitrogen and oxygen atoms in total. The van der Waals surface area contributed by atoms with Gasteiger partial charge in [-0.25, -0.2) is 4.68 Å². The van der Waals surface area contributed by atoms with Crippen molar-refractivity contribution in [2.75, 3.05) is 0 Å². The van der Waals surface area contributed by atoms with E-state index in [0.717, 1.165) is 10.8 Å². The summed E-state index contributed by atoms with van der Waals surface area (Å²) in [7, 11) is 0. The predicted octanol–water partition coefficient (Wildman–Crippen LogP) is 1.03. The highest BCUT2D eigenvalue weighted by molar-refractivity contribution is 7.11. The monoisotopic (exact) mass is 166 g/mol. The molecule has 2 aromatic heterocycles. The summed E-state index contributed by atoms with van der Waals surface area (Å²) in [5, 5.41) is 12.6. The summed E-state index contributed by atoms with van der Waals surface area (Å²) in [5.74, 6) is 0. The van der Waals surface area contributed by atoms with E-state index in [1.807, 2.05) is 19.2 Å². The van der Waals surface area contributed by atoms with Gasteiger partial charge in [-0.2, -0.15) is 5.10 Å². The first-order valence-corrected chi connectivity index (χ1v) is 4.03. The van der Waals surface area contributed by atoms with Crippen molar-refractivity contribution >= 4 is 11.3 Å². The average Bonchev–Trinajstić information content (AvgIpc) is 2.55. The molecule has 0 aliphatic heterocycles. The highest BCUT2D eigenvalue weighted by Gasteiger charge is 1.99. The fourth-order valence-electron chi connectivity index (χ4n) is 0.789. The summed E-state index contributed by atoms with van der Waals surface area (Å²) in [6.45, 7) is 1.94. The molecule has 2 rings (SSSR count). The van der Waals surface area contributed by atoms with Crippen LogP contribution in [0.3, 0.4) is 0 Å². The van der Waals surface area contributed by atoms with Gasteiger partial charge in [0, 0.05) is 6.20 Å². The Morgan fingerprint density at radius 3 is 3.00 bits per heavy atom. The maximum absolute atomic E-state index is 4.18. The molecule has 11 heavy (non-hydrogen) atoms. The van der Waals surface area contributed by atoms with Crippen LogP contribution in [0.2, 0.25) is 0 Å². The quantitative estimate of drug-likeness (QED) is 0.635. The second kappa shape index (κ2) is 2.43. The van der Waals surface area contributed by atoms with Crippen molar-refractivity contribution in [2.24, 2.45) is 0 Å². The minimum atomic E-state index is 0.804. The van der Waals surface area contributed by atoms with E-state index in [0.29, 0.717) is 0 Å². The topological polar surface area (TPSA) is 43.6 Å². The van der Waals surface area contributed by atoms with Crippen molar-refractivity contribution in [2.45, 2.75) is 6.92 Å². The first-order valence-electron chi connectivity index (χ1n) is 3.15. The molecule has 0 bridgehead atoms. The molecule has 0 unspecified atom stereocenters. The maximum Gasteiger partial charge on any atom is 0.232 e. The summed E-state index contributed by atoms with van der Waals surface area (Å²) >= 11 is 1.47. The van der Waals surface area contributed by atoms with Gasteiger partial charge in [0.15, 0.2) is 0 Å². The van der Waals surface area contributed by atoms with E-state index in [-0.39, 0.29) is 0 Å². The zero-order valence-electron chi connectivity index (χ0n) is 5.93. The molecule has 0 amide bonds. The molecular formula is C6H6N4S.